The van der Waals surface area contributed by atoms with Crippen molar-refractivity contribution in [1.29, 1.82) is 0 Å². The van der Waals surface area contributed by atoms with Crippen LogP contribution in [0.15, 0.2) is 61.2 Å². The van der Waals surface area contributed by atoms with Gasteiger partial charge in [0.15, 0.2) is 0 Å². The number of nitrogens with one attached hydrogen (secondary N) is 1. The van der Waals surface area contributed by atoms with Crippen molar-refractivity contribution in [3.05, 3.63) is 82.4 Å². The molecule has 0 spiro atoms. The Hall–Kier alpha value is -3.55. The largest absolute Gasteiger partial charge is 0.351 e. The van der Waals surface area contributed by atoms with E-state index in [1.165, 1.54) is 29.5 Å². The van der Waals surface area contributed by atoms with E-state index in [9.17, 15) is 14.9 Å². The molecule has 3 aromatic rings. The highest BCUT2D eigenvalue weighted by Gasteiger charge is 2.20. The summed E-state index contributed by atoms with van der Waals surface area (Å²) in [7, 11) is 0. The van der Waals surface area contributed by atoms with Gasteiger partial charge in [-0.15, -0.1) is 0 Å². The fraction of sp³-hybridized carbons (Fsp3) is 0.211. The zero-order valence-corrected chi connectivity index (χ0v) is 14.8. The lowest BCUT2D eigenvalue weighted by Gasteiger charge is -2.16. The minimum absolute atomic E-state index is 0.180. The maximum absolute atomic E-state index is 12.5. The molecule has 1 atom stereocenters. The van der Waals surface area contributed by atoms with Crippen LogP contribution in [0.25, 0.3) is 5.69 Å². The lowest BCUT2D eigenvalue weighted by Crippen LogP contribution is -2.28. The van der Waals surface area contributed by atoms with Crippen LogP contribution >= 0.6 is 0 Å². The molecule has 1 N–H and O–H groups in total. The van der Waals surface area contributed by atoms with Gasteiger partial charge in [-0.3, -0.25) is 14.9 Å². The van der Waals surface area contributed by atoms with Crippen molar-refractivity contribution in [3.8, 4) is 5.69 Å². The van der Waals surface area contributed by atoms with E-state index in [1.54, 1.807) is 6.07 Å². The molecule has 0 saturated heterocycles. The Morgan fingerprint density at radius 1 is 1.26 bits per heavy atom. The fourth-order valence-electron chi connectivity index (χ4n) is 2.88. The van der Waals surface area contributed by atoms with Crippen molar-refractivity contribution in [3.63, 3.8) is 0 Å². The summed E-state index contributed by atoms with van der Waals surface area (Å²) in [6.07, 6.45) is 3.53. The van der Waals surface area contributed by atoms with Gasteiger partial charge in [-0.05, 0) is 24.1 Å². The van der Waals surface area contributed by atoms with Crippen LogP contribution in [-0.4, -0.2) is 32.1 Å². The molecule has 2 aromatic carbocycles. The van der Waals surface area contributed by atoms with Crippen molar-refractivity contribution in [2.45, 2.75) is 19.3 Å². The van der Waals surface area contributed by atoms with Crippen molar-refractivity contribution in [2.75, 3.05) is 6.54 Å². The van der Waals surface area contributed by atoms with E-state index in [4.69, 9.17) is 0 Å². The van der Waals surface area contributed by atoms with Gasteiger partial charge >= 0.3 is 0 Å². The number of carbonyl (C=O) groups excluding carboxylic acids is 1. The first-order valence-corrected chi connectivity index (χ1v) is 8.56. The molecule has 0 fully saturated rings. The predicted octanol–water partition coefficient (Wildman–Crippen LogP) is 3.10. The summed E-state index contributed by atoms with van der Waals surface area (Å²) in [5, 5.41) is 18.2. The Bertz CT molecular complexity index is 926. The van der Waals surface area contributed by atoms with Gasteiger partial charge in [0.2, 0.25) is 0 Å². The van der Waals surface area contributed by atoms with Crippen molar-refractivity contribution in [2.24, 2.45) is 0 Å². The number of carbonyl (C=O) groups is 1. The molecule has 0 saturated carbocycles. The number of amides is 1. The van der Waals surface area contributed by atoms with Crippen LogP contribution in [0.2, 0.25) is 0 Å². The molecule has 0 aliphatic carbocycles. The first kappa shape index (κ1) is 18.2. The molecule has 1 aromatic heterocycles. The van der Waals surface area contributed by atoms with Crippen LogP contribution in [0.4, 0.5) is 5.69 Å². The first-order valence-electron chi connectivity index (χ1n) is 8.56. The molecule has 8 heteroatoms. The predicted molar refractivity (Wildman–Crippen MR) is 99.8 cm³/mol. The van der Waals surface area contributed by atoms with Gasteiger partial charge in [-0.1, -0.05) is 37.3 Å². The van der Waals surface area contributed by atoms with Gasteiger partial charge in [-0.2, -0.15) is 5.10 Å². The second-order valence-corrected chi connectivity index (χ2v) is 6.03. The van der Waals surface area contributed by atoms with Crippen LogP contribution in [-0.2, 0) is 0 Å². The number of hydrogen-bond donors (Lipinski definition) is 1. The maximum Gasteiger partial charge on any atom is 0.295 e. The quantitative estimate of drug-likeness (QED) is 0.512. The summed E-state index contributed by atoms with van der Waals surface area (Å²) < 4.78 is 1.29. The number of nitrogens with zero attached hydrogens (tertiary/aromatic N) is 4. The highest BCUT2D eigenvalue weighted by Crippen LogP contribution is 2.24. The monoisotopic (exact) mass is 365 g/mol. The number of rotatable bonds is 7. The van der Waals surface area contributed by atoms with Crippen LogP contribution in [0.3, 0.4) is 0 Å². The zero-order valence-electron chi connectivity index (χ0n) is 14.8. The smallest absolute Gasteiger partial charge is 0.295 e. The molecule has 1 amide bonds. The third-order valence-corrected chi connectivity index (χ3v) is 4.37. The second kappa shape index (κ2) is 8.22. The summed E-state index contributed by atoms with van der Waals surface area (Å²) in [6, 6.07) is 14.2. The Balaban J connectivity index is 1.77. The normalized spacial score (nSPS) is 11.7. The lowest BCUT2D eigenvalue weighted by molar-refractivity contribution is -0.384. The van der Waals surface area contributed by atoms with Gasteiger partial charge in [0, 0.05) is 24.1 Å². The summed E-state index contributed by atoms with van der Waals surface area (Å²) >= 11 is 0. The summed E-state index contributed by atoms with van der Waals surface area (Å²) in [5.41, 5.74) is 1.43. The highest BCUT2D eigenvalue weighted by molar-refractivity contribution is 5.95. The number of aromatic nitrogens is 3. The van der Waals surface area contributed by atoms with E-state index in [2.05, 4.69) is 22.3 Å². The van der Waals surface area contributed by atoms with E-state index in [0.29, 0.717) is 6.54 Å². The Morgan fingerprint density at radius 3 is 2.67 bits per heavy atom. The molecule has 0 aliphatic rings. The Morgan fingerprint density at radius 2 is 2.04 bits per heavy atom. The molecule has 0 radical (unpaired) electrons. The molecule has 0 unspecified atom stereocenters. The first-order chi connectivity index (χ1) is 13.1. The number of benzene rings is 2. The van der Waals surface area contributed by atoms with Crippen molar-refractivity contribution < 1.29 is 9.72 Å². The summed E-state index contributed by atoms with van der Waals surface area (Å²) in [4.78, 5) is 27.2. The van der Waals surface area contributed by atoms with E-state index in [-0.39, 0.29) is 28.8 Å². The molecule has 0 aliphatic heterocycles. The van der Waals surface area contributed by atoms with E-state index in [0.717, 1.165) is 12.0 Å². The lowest BCUT2D eigenvalue weighted by atomic mass is 9.96. The average molecular weight is 365 g/mol. The number of hydrogen-bond acceptors (Lipinski definition) is 5. The van der Waals surface area contributed by atoms with E-state index in [1.807, 2.05) is 30.3 Å². The van der Waals surface area contributed by atoms with Crippen LogP contribution in [0.5, 0.6) is 0 Å². The van der Waals surface area contributed by atoms with Gasteiger partial charge in [-0.25, -0.2) is 9.67 Å². The standard InChI is InChI=1S/C19H19N5O3/c1-2-14(15-6-4-3-5-7-15)11-21-19(25)16-8-9-17(18(10-16)24(26)27)23-13-20-12-22-23/h3-10,12-14H,2,11H2,1H3,(H,21,25)/t14-/m0/s1. The second-order valence-electron chi connectivity index (χ2n) is 6.03. The van der Waals surface area contributed by atoms with E-state index >= 15 is 0 Å². The fourth-order valence-corrected chi connectivity index (χ4v) is 2.88. The van der Waals surface area contributed by atoms with Gasteiger partial charge in [0.05, 0.1) is 4.92 Å². The minimum Gasteiger partial charge on any atom is -0.351 e. The molecule has 27 heavy (non-hydrogen) atoms. The number of nitro groups is 1. The molecule has 0 bridgehead atoms. The minimum atomic E-state index is -0.535. The number of nitro benzene ring substituents is 1. The van der Waals surface area contributed by atoms with Crippen molar-refractivity contribution in [1.82, 2.24) is 20.1 Å². The highest BCUT2D eigenvalue weighted by atomic mass is 16.6. The van der Waals surface area contributed by atoms with Crippen LogP contribution < -0.4 is 5.32 Å². The average Bonchev–Trinajstić information content (AvgIpc) is 3.23. The maximum atomic E-state index is 12.5. The molecule has 8 nitrogen and oxygen atoms in total. The molecular weight excluding hydrogens is 346 g/mol. The Kier molecular flexibility index (Phi) is 5.55. The van der Waals surface area contributed by atoms with Gasteiger partial charge in [0.1, 0.15) is 18.3 Å². The zero-order chi connectivity index (χ0) is 19.2. The molecule has 138 valence electrons. The SMILES string of the molecule is CC[C@@H](CNC(=O)c1ccc(-n2cncn2)c([N+](=O)[O-])c1)c1ccccc1. The van der Waals surface area contributed by atoms with Gasteiger partial charge in [0.25, 0.3) is 11.6 Å². The summed E-state index contributed by atoms with van der Waals surface area (Å²) in [6.45, 7) is 2.51. The topological polar surface area (TPSA) is 103 Å². The molecule has 1 heterocycles. The van der Waals surface area contributed by atoms with Crippen molar-refractivity contribution >= 4 is 11.6 Å². The van der Waals surface area contributed by atoms with Gasteiger partial charge < -0.3 is 5.32 Å². The van der Waals surface area contributed by atoms with Crippen LogP contribution in [0, 0.1) is 10.1 Å². The molecule has 3 rings (SSSR count). The van der Waals surface area contributed by atoms with E-state index < -0.39 is 4.92 Å². The summed E-state index contributed by atoms with van der Waals surface area (Å²) in [5.74, 6) is -0.169. The molecular formula is C19H19N5O3. The third-order valence-electron chi connectivity index (χ3n) is 4.37. The third kappa shape index (κ3) is 4.17. The van der Waals surface area contributed by atoms with Crippen LogP contribution in [0.1, 0.15) is 35.2 Å². The Labute approximate surface area is 156 Å².